The number of rotatable bonds is 6. The largest absolute Gasteiger partial charge is 0.348 e. The van der Waals surface area contributed by atoms with E-state index in [9.17, 15) is 14.4 Å². The van der Waals surface area contributed by atoms with Crippen LogP contribution in [-0.4, -0.2) is 26.5 Å². The van der Waals surface area contributed by atoms with Crippen LogP contribution < -0.4 is 16.6 Å². The van der Waals surface area contributed by atoms with Crippen LogP contribution >= 0.6 is 25.3 Å². The molecule has 0 bridgehead atoms. The highest BCUT2D eigenvalue weighted by atomic mass is 32.1. The lowest BCUT2D eigenvalue weighted by molar-refractivity contribution is 0.0951. The molecule has 1 amide bonds. The van der Waals surface area contributed by atoms with E-state index in [-0.39, 0.29) is 17.7 Å². The lowest BCUT2D eigenvalue weighted by Gasteiger charge is -2.11. The van der Waals surface area contributed by atoms with E-state index in [1.165, 1.54) is 6.07 Å². The molecular weight excluding hydrogens is 382 g/mol. The SMILES string of the molecule is O=C(NCc1ccccc1)c1ccc2c(=O)n(CC(S)CS)c(=O)[nH]c2c1. The van der Waals surface area contributed by atoms with Crippen molar-refractivity contribution >= 4 is 42.1 Å². The average molecular weight is 402 g/mol. The summed E-state index contributed by atoms with van der Waals surface area (Å²) >= 11 is 8.41. The highest BCUT2D eigenvalue weighted by Crippen LogP contribution is 2.10. The third kappa shape index (κ3) is 4.45. The number of carbonyl (C=O) groups excluding carboxylic acids is 1. The van der Waals surface area contributed by atoms with E-state index in [4.69, 9.17) is 0 Å². The normalized spacial score (nSPS) is 12.1. The summed E-state index contributed by atoms with van der Waals surface area (Å²) in [5, 5.41) is 2.95. The van der Waals surface area contributed by atoms with Gasteiger partial charge in [-0.15, -0.1) is 0 Å². The van der Waals surface area contributed by atoms with Gasteiger partial charge in [-0.1, -0.05) is 30.3 Å². The van der Waals surface area contributed by atoms with Gasteiger partial charge in [-0.05, 0) is 23.8 Å². The van der Waals surface area contributed by atoms with E-state index in [1.54, 1.807) is 12.1 Å². The molecule has 1 heterocycles. The highest BCUT2D eigenvalue weighted by Gasteiger charge is 2.13. The van der Waals surface area contributed by atoms with E-state index >= 15 is 0 Å². The molecule has 3 aromatic rings. The number of hydrogen-bond donors (Lipinski definition) is 4. The first-order valence-electron chi connectivity index (χ1n) is 8.37. The molecule has 0 aliphatic heterocycles. The molecular formula is C19H19N3O3S2. The number of nitrogens with one attached hydrogen (secondary N) is 2. The fraction of sp³-hybridized carbons (Fsp3) is 0.211. The quantitative estimate of drug-likeness (QED) is 0.476. The number of H-pyrrole nitrogens is 1. The lowest BCUT2D eigenvalue weighted by Crippen LogP contribution is -2.37. The van der Waals surface area contributed by atoms with Crippen molar-refractivity contribution in [3.63, 3.8) is 0 Å². The van der Waals surface area contributed by atoms with Gasteiger partial charge in [0.15, 0.2) is 0 Å². The summed E-state index contributed by atoms with van der Waals surface area (Å²) < 4.78 is 1.10. The summed E-state index contributed by atoms with van der Waals surface area (Å²) in [7, 11) is 0. The Hall–Kier alpha value is -2.45. The van der Waals surface area contributed by atoms with E-state index in [0.717, 1.165) is 10.1 Å². The second-order valence-electron chi connectivity index (χ2n) is 6.11. The molecule has 0 aliphatic rings. The van der Waals surface area contributed by atoms with Gasteiger partial charge >= 0.3 is 5.69 Å². The van der Waals surface area contributed by atoms with Crippen molar-refractivity contribution in [1.82, 2.24) is 14.9 Å². The Bertz CT molecular complexity index is 1080. The fourth-order valence-electron chi connectivity index (χ4n) is 2.71. The predicted molar refractivity (Wildman–Crippen MR) is 113 cm³/mol. The maximum Gasteiger partial charge on any atom is 0.328 e. The first-order valence-corrected chi connectivity index (χ1v) is 9.52. The van der Waals surface area contributed by atoms with Gasteiger partial charge in [0.25, 0.3) is 11.5 Å². The minimum Gasteiger partial charge on any atom is -0.348 e. The van der Waals surface area contributed by atoms with Crippen molar-refractivity contribution in [1.29, 1.82) is 0 Å². The summed E-state index contributed by atoms with van der Waals surface area (Å²) in [6.45, 7) is 0.554. The van der Waals surface area contributed by atoms with Gasteiger partial charge in [0, 0.05) is 29.7 Å². The third-order valence-electron chi connectivity index (χ3n) is 4.14. The minimum absolute atomic E-state index is 0.163. The Morgan fingerprint density at radius 2 is 1.89 bits per heavy atom. The maximum atomic E-state index is 12.6. The third-order valence-corrected chi connectivity index (χ3v) is 5.22. The molecule has 1 unspecified atom stereocenters. The van der Waals surface area contributed by atoms with Crippen molar-refractivity contribution in [2.75, 3.05) is 5.75 Å². The summed E-state index contributed by atoms with van der Waals surface area (Å²) in [5.74, 6) is 0.157. The molecule has 0 aliphatic carbocycles. The number of thiol groups is 2. The van der Waals surface area contributed by atoms with Gasteiger partial charge in [0.05, 0.1) is 10.9 Å². The van der Waals surface area contributed by atoms with Gasteiger partial charge in [0.1, 0.15) is 0 Å². The van der Waals surface area contributed by atoms with Gasteiger partial charge in [-0.2, -0.15) is 25.3 Å². The van der Waals surface area contributed by atoms with Crippen LogP contribution in [-0.2, 0) is 13.1 Å². The van der Waals surface area contributed by atoms with Gasteiger partial charge < -0.3 is 10.3 Å². The first-order chi connectivity index (χ1) is 13.0. The van der Waals surface area contributed by atoms with Crippen LogP contribution in [0.2, 0.25) is 0 Å². The number of amides is 1. The molecule has 8 heteroatoms. The van der Waals surface area contributed by atoms with Gasteiger partial charge in [0.2, 0.25) is 0 Å². The summed E-state index contributed by atoms with van der Waals surface area (Å²) in [6, 6.07) is 14.2. The number of nitrogens with zero attached hydrogens (tertiary/aromatic N) is 1. The molecule has 0 saturated carbocycles. The molecule has 0 fully saturated rings. The Balaban J connectivity index is 1.87. The van der Waals surface area contributed by atoms with E-state index in [1.807, 2.05) is 30.3 Å². The van der Waals surface area contributed by atoms with Crippen molar-refractivity contribution in [3.8, 4) is 0 Å². The van der Waals surface area contributed by atoms with Crippen molar-refractivity contribution in [2.45, 2.75) is 18.3 Å². The summed E-state index contributed by atoms with van der Waals surface area (Å²) in [4.78, 5) is 39.9. The number of aromatic nitrogens is 2. The van der Waals surface area contributed by atoms with Gasteiger partial charge in [-0.25, -0.2) is 4.79 Å². The zero-order valence-electron chi connectivity index (χ0n) is 14.4. The van der Waals surface area contributed by atoms with Crippen molar-refractivity contribution in [2.24, 2.45) is 0 Å². The predicted octanol–water partition coefficient (Wildman–Crippen LogP) is 1.85. The molecule has 2 N–H and O–H groups in total. The van der Waals surface area contributed by atoms with E-state index in [0.29, 0.717) is 28.8 Å². The molecule has 3 rings (SSSR count). The molecule has 1 atom stereocenters. The molecule has 0 radical (unpaired) electrons. The van der Waals surface area contributed by atoms with Crippen LogP contribution in [0.15, 0.2) is 58.1 Å². The Kier molecular flexibility index (Phi) is 6.08. The molecule has 27 heavy (non-hydrogen) atoms. The number of fused-ring (bicyclic) bond motifs is 1. The maximum absolute atomic E-state index is 12.6. The van der Waals surface area contributed by atoms with Crippen LogP contribution in [0.4, 0.5) is 0 Å². The number of hydrogen-bond acceptors (Lipinski definition) is 5. The van der Waals surface area contributed by atoms with Crippen molar-refractivity contribution in [3.05, 3.63) is 80.5 Å². The Labute approximate surface area is 166 Å². The molecule has 2 aromatic carbocycles. The van der Waals surface area contributed by atoms with E-state index in [2.05, 4.69) is 35.6 Å². The second kappa shape index (κ2) is 8.49. The number of benzene rings is 2. The molecule has 0 spiro atoms. The fourth-order valence-corrected chi connectivity index (χ4v) is 2.99. The zero-order valence-corrected chi connectivity index (χ0v) is 16.2. The monoisotopic (exact) mass is 401 g/mol. The molecule has 0 saturated heterocycles. The number of carbonyl (C=O) groups is 1. The van der Waals surface area contributed by atoms with Crippen LogP contribution in [0.5, 0.6) is 0 Å². The van der Waals surface area contributed by atoms with Crippen LogP contribution in [0, 0.1) is 0 Å². The minimum atomic E-state index is -0.532. The smallest absolute Gasteiger partial charge is 0.328 e. The second-order valence-corrected chi connectivity index (χ2v) is 7.21. The van der Waals surface area contributed by atoms with Crippen LogP contribution in [0.1, 0.15) is 15.9 Å². The zero-order chi connectivity index (χ0) is 19.4. The van der Waals surface area contributed by atoms with Crippen LogP contribution in [0.25, 0.3) is 10.9 Å². The lowest BCUT2D eigenvalue weighted by atomic mass is 10.1. The van der Waals surface area contributed by atoms with Crippen molar-refractivity contribution < 1.29 is 4.79 Å². The van der Waals surface area contributed by atoms with Crippen LogP contribution in [0.3, 0.4) is 0 Å². The standard InChI is InChI=1S/C19H19N3O3S2/c23-17(20-9-12-4-2-1-3-5-12)13-6-7-15-16(8-13)21-19(25)22(18(15)24)10-14(27)11-26/h1-8,14,26-27H,9-11H2,(H,20,23)(H,21,25). The van der Waals surface area contributed by atoms with Gasteiger partial charge in [-0.3, -0.25) is 14.2 Å². The van der Waals surface area contributed by atoms with E-state index < -0.39 is 11.2 Å². The topological polar surface area (TPSA) is 84.0 Å². The highest BCUT2D eigenvalue weighted by molar-refractivity contribution is 7.84. The first kappa shape index (κ1) is 19.3. The summed E-state index contributed by atoms with van der Waals surface area (Å²) in [5.41, 5.74) is 0.735. The Morgan fingerprint density at radius 1 is 1.15 bits per heavy atom. The molecule has 140 valence electrons. The molecule has 6 nitrogen and oxygen atoms in total. The molecule has 1 aromatic heterocycles. The average Bonchev–Trinajstić information content (AvgIpc) is 2.69. The Morgan fingerprint density at radius 3 is 2.59 bits per heavy atom. The number of aromatic amines is 1. The summed E-state index contributed by atoms with van der Waals surface area (Å²) in [6.07, 6.45) is 0.